The van der Waals surface area contributed by atoms with Crippen molar-refractivity contribution in [3.8, 4) is 5.88 Å². The van der Waals surface area contributed by atoms with Gasteiger partial charge in [-0.3, -0.25) is 0 Å². The topological polar surface area (TPSA) is 59.4 Å². The van der Waals surface area contributed by atoms with Crippen LogP contribution in [0, 0.1) is 18.8 Å². The van der Waals surface area contributed by atoms with Crippen LogP contribution in [0.4, 0.5) is 4.79 Å². The number of nitrogens with zero attached hydrogens (tertiary/aromatic N) is 3. The molecule has 1 saturated heterocycles. The maximum absolute atomic E-state index is 12.3. The Bertz CT molecular complexity index is 528. The molecular weight excluding hydrogens is 268 g/mol. The van der Waals surface area contributed by atoms with Crippen LogP contribution in [0.5, 0.6) is 5.88 Å². The number of rotatable bonds is 3. The van der Waals surface area contributed by atoms with Crippen molar-refractivity contribution in [2.75, 3.05) is 20.2 Å². The van der Waals surface area contributed by atoms with Gasteiger partial charge in [0.2, 0.25) is 5.88 Å². The molecule has 3 rings (SSSR count). The highest BCUT2D eigenvalue weighted by Gasteiger charge is 2.37. The number of urea groups is 1. The Morgan fingerprint density at radius 3 is 2.67 bits per heavy atom. The van der Waals surface area contributed by atoms with Gasteiger partial charge in [-0.25, -0.2) is 9.48 Å². The van der Waals surface area contributed by atoms with Crippen molar-refractivity contribution >= 4 is 6.03 Å². The zero-order valence-corrected chi connectivity index (χ0v) is 13.1. The Labute approximate surface area is 125 Å². The minimum absolute atomic E-state index is 0.0368. The van der Waals surface area contributed by atoms with E-state index in [-0.39, 0.29) is 6.03 Å². The number of hydrogen-bond donors (Lipinski definition) is 1. The molecule has 6 nitrogen and oxygen atoms in total. The zero-order chi connectivity index (χ0) is 15.0. The number of amides is 2. The number of fused-ring (bicyclic) bond motifs is 1. The largest absolute Gasteiger partial charge is 0.481 e. The predicted octanol–water partition coefficient (Wildman–Crippen LogP) is 1.68. The molecule has 1 aromatic rings. The predicted molar refractivity (Wildman–Crippen MR) is 79.1 cm³/mol. The number of aromatic nitrogens is 2. The molecule has 1 saturated carbocycles. The van der Waals surface area contributed by atoms with Crippen molar-refractivity contribution in [1.29, 1.82) is 0 Å². The number of ether oxygens (including phenoxy) is 1. The van der Waals surface area contributed by atoms with Crippen LogP contribution in [0.3, 0.4) is 0 Å². The Morgan fingerprint density at radius 1 is 1.38 bits per heavy atom. The summed E-state index contributed by atoms with van der Waals surface area (Å²) in [5, 5.41) is 7.34. The highest BCUT2D eigenvalue weighted by atomic mass is 16.5. The molecule has 0 unspecified atom stereocenters. The summed E-state index contributed by atoms with van der Waals surface area (Å²) < 4.78 is 7.06. The Balaban J connectivity index is 1.59. The van der Waals surface area contributed by atoms with Gasteiger partial charge >= 0.3 is 6.03 Å². The van der Waals surface area contributed by atoms with E-state index >= 15 is 0 Å². The van der Waals surface area contributed by atoms with Gasteiger partial charge in [-0.1, -0.05) is 6.42 Å². The van der Waals surface area contributed by atoms with Gasteiger partial charge in [-0.05, 0) is 31.6 Å². The molecule has 0 spiro atoms. The number of carbonyl (C=O) groups excluding carboxylic acids is 1. The maximum Gasteiger partial charge on any atom is 0.317 e. The first-order valence-corrected chi connectivity index (χ1v) is 7.69. The van der Waals surface area contributed by atoms with E-state index in [1.807, 2.05) is 18.9 Å². The average molecular weight is 292 g/mol. The molecule has 21 heavy (non-hydrogen) atoms. The molecule has 1 N–H and O–H groups in total. The second kappa shape index (κ2) is 5.58. The molecule has 0 aromatic carbocycles. The number of methoxy groups -OCH3 is 1. The zero-order valence-electron chi connectivity index (χ0n) is 13.1. The molecule has 2 amide bonds. The molecule has 1 aliphatic carbocycles. The number of nitrogens with one attached hydrogen (secondary N) is 1. The second-order valence-electron chi connectivity index (χ2n) is 6.21. The van der Waals surface area contributed by atoms with Gasteiger partial charge in [-0.2, -0.15) is 5.10 Å². The van der Waals surface area contributed by atoms with E-state index in [1.54, 1.807) is 11.8 Å². The summed E-state index contributed by atoms with van der Waals surface area (Å²) in [7, 11) is 3.47. The van der Waals surface area contributed by atoms with Crippen LogP contribution in [-0.4, -0.2) is 40.9 Å². The Kier molecular flexibility index (Phi) is 3.78. The highest BCUT2D eigenvalue weighted by molar-refractivity contribution is 5.74. The maximum atomic E-state index is 12.3. The van der Waals surface area contributed by atoms with Crippen LogP contribution >= 0.6 is 0 Å². The second-order valence-corrected chi connectivity index (χ2v) is 6.21. The number of carbonyl (C=O) groups is 1. The molecule has 1 aromatic heterocycles. The third-order valence-corrected chi connectivity index (χ3v) is 4.91. The lowest BCUT2D eigenvalue weighted by molar-refractivity contribution is 0.204. The molecule has 2 fully saturated rings. The monoisotopic (exact) mass is 292 g/mol. The number of likely N-dealkylation sites (tertiary alicyclic amines) is 1. The van der Waals surface area contributed by atoms with E-state index in [2.05, 4.69) is 10.4 Å². The molecule has 0 bridgehead atoms. The fourth-order valence-electron chi connectivity index (χ4n) is 3.82. The van der Waals surface area contributed by atoms with Crippen LogP contribution in [0.2, 0.25) is 0 Å². The van der Waals surface area contributed by atoms with E-state index in [4.69, 9.17) is 4.74 Å². The molecule has 2 heterocycles. The van der Waals surface area contributed by atoms with E-state index in [1.165, 1.54) is 19.3 Å². The van der Waals surface area contributed by atoms with E-state index in [0.717, 1.165) is 36.2 Å². The van der Waals surface area contributed by atoms with Crippen LogP contribution < -0.4 is 10.1 Å². The van der Waals surface area contributed by atoms with Crippen LogP contribution in [0.1, 0.15) is 30.5 Å². The smallest absolute Gasteiger partial charge is 0.317 e. The van der Waals surface area contributed by atoms with Crippen LogP contribution in [0.15, 0.2) is 0 Å². The third kappa shape index (κ3) is 2.59. The van der Waals surface area contributed by atoms with Crippen molar-refractivity contribution < 1.29 is 9.53 Å². The van der Waals surface area contributed by atoms with Crippen molar-refractivity contribution in [1.82, 2.24) is 20.0 Å². The van der Waals surface area contributed by atoms with E-state index < -0.39 is 0 Å². The molecule has 2 atom stereocenters. The minimum Gasteiger partial charge on any atom is -0.481 e. The van der Waals surface area contributed by atoms with Gasteiger partial charge < -0.3 is 15.0 Å². The van der Waals surface area contributed by atoms with Crippen molar-refractivity contribution in [3.63, 3.8) is 0 Å². The van der Waals surface area contributed by atoms with Gasteiger partial charge in [0.05, 0.1) is 24.9 Å². The molecule has 2 aliphatic rings. The molecule has 116 valence electrons. The molecular formula is C15H24N4O2. The molecule has 0 radical (unpaired) electrons. The summed E-state index contributed by atoms with van der Waals surface area (Å²) in [6.45, 7) is 4.23. The van der Waals surface area contributed by atoms with Gasteiger partial charge in [-0.15, -0.1) is 0 Å². The first-order chi connectivity index (χ1) is 10.1. The van der Waals surface area contributed by atoms with Gasteiger partial charge in [0.25, 0.3) is 0 Å². The summed E-state index contributed by atoms with van der Waals surface area (Å²) in [6, 6.07) is 0.0368. The van der Waals surface area contributed by atoms with Gasteiger partial charge in [0.15, 0.2) is 0 Å². The SMILES string of the molecule is COc1c(CNC(=O)N2C[C@H]3CCC[C@@H]3C2)c(C)nn1C. The van der Waals surface area contributed by atoms with Crippen LogP contribution in [0.25, 0.3) is 0 Å². The lowest BCUT2D eigenvalue weighted by Gasteiger charge is -2.18. The Morgan fingerprint density at radius 2 is 2.05 bits per heavy atom. The Hall–Kier alpha value is -1.72. The number of aryl methyl sites for hydroxylation is 2. The quantitative estimate of drug-likeness (QED) is 0.922. The van der Waals surface area contributed by atoms with Gasteiger partial charge in [0.1, 0.15) is 0 Å². The lowest BCUT2D eigenvalue weighted by atomic mass is 10.0. The summed E-state index contributed by atoms with van der Waals surface area (Å²) >= 11 is 0. The standard InChI is InChI=1S/C15H24N4O2/c1-10-13(14(21-3)18(2)17-10)7-16-15(20)19-8-11-5-4-6-12(11)9-19/h11-12H,4-9H2,1-3H3,(H,16,20)/t11-,12-/m1/s1. The van der Waals surface area contributed by atoms with Crippen molar-refractivity contribution in [2.45, 2.75) is 32.7 Å². The first kappa shape index (κ1) is 14.2. The third-order valence-electron chi connectivity index (χ3n) is 4.91. The normalized spacial score (nSPS) is 24.2. The van der Waals surface area contributed by atoms with Crippen molar-refractivity contribution in [3.05, 3.63) is 11.3 Å². The first-order valence-electron chi connectivity index (χ1n) is 7.69. The van der Waals surface area contributed by atoms with Crippen molar-refractivity contribution in [2.24, 2.45) is 18.9 Å². The molecule has 6 heteroatoms. The summed E-state index contributed by atoms with van der Waals surface area (Å²) in [4.78, 5) is 14.3. The molecule has 1 aliphatic heterocycles. The van der Waals surface area contributed by atoms with Crippen LogP contribution in [-0.2, 0) is 13.6 Å². The van der Waals surface area contributed by atoms with E-state index in [9.17, 15) is 4.79 Å². The fourth-order valence-corrected chi connectivity index (χ4v) is 3.82. The average Bonchev–Trinajstić information content (AvgIpc) is 3.09. The van der Waals surface area contributed by atoms with E-state index in [0.29, 0.717) is 12.4 Å². The highest BCUT2D eigenvalue weighted by Crippen LogP contribution is 2.37. The van der Waals surface area contributed by atoms with Gasteiger partial charge in [0, 0.05) is 20.1 Å². The lowest BCUT2D eigenvalue weighted by Crippen LogP contribution is -2.38. The minimum atomic E-state index is 0.0368. The fraction of sp³-hybridized carbons (Fsp3) is 0.733. The summed E-state index contributed by atoms with van der Waals surface area (Å²) in [5.41, 5.74) is 1.85. The summed E-state index contributed by atoms with van der Waals surface area (Å²) in [5.74, 6) is 2.17. The number of hydrogen-bond acceptors (Lipinski definition) is 3. The summed E-state index contributed by atoms with van der Waals surface area (Å²) in [6.07, 6.45) is 3.89.